The third-order valence-electron chi connectivity index (χ3n) is 5.29. The van der Waals surface area contributed by atoms with E-state index in [-0.39, 0.29) is 0 Å². The first-order chi connectivity index (χ1) is 11.9. The Labute approximate surface area is 158 Å². The van der Waals surface area contributed by atoms with E-state index < -0.39 is 0 Å². The summed E-state index contributed by atoms with van der Waals surface area (Å²) in [5.74, 6) is 0. The van der Waals surface area contributed by atoms with Gasteiger partial charge in [-0.2, -0.15) is 0 Å². The number of ether oxygens (including phenoxy) is 1. The van der Waals surface area contributed by atoms with Gasteiger partial charge in [-0.1, -0.05) is 12.1 Å². The molecule has 1 heterocycles. The van der Waals surface area contributed by atoms with Crippen LogP contribution in [0.2, 0.25) is 0 Å². The molecule has 0 aromatic heterocycles. The summed E-state index contributed by atoms with van der Waals surface area (Å²) in [5, 5.41) is 4.31. The summed E-state index contributed by atoms with van der Waals surface area (Å²) in [6.07, 6.45) is 2.37. The highest BCUT2D eigenvalue weighted by molar-refractivity contribution is 7.80. The van der Waals surface area contributed by atoms with Crippen LogP contribution in [-0.4, -0.2) is 55.4 Å². The van der Waals surface area contributed by atoms with Gasteiger partial charge >= 0.3 is 0 Å². The second-order valence-corrected chi connectivity index (χ2v) is 7.87. The molecule has 25 heavy (non-hydrogen) atoms. The monoisotopic (exact) mass is 364 g/mol. The zero-order valence-electron chi connectivity index (χ0n) is 16.4. The van der Waals surface area contributed by atoms with E-state index in [0.29, 0.717) is 18.7 Å². The molecule has 0 bridgehead atoms. The first-order valence-corrected chi connectivity index (χ1v) is 9.81. The van der Waals surface area contributed by atoms with Gasteiger partial charge in [0, 0.05) is 38.2 Å². The second kappa shape index (κ2) is 9.51. The molecule has 1 aliphatic rings. The number of hydrogen-bond acceptors (Lipinski definition) is 2. The number of rotatable bonds is 6. The van der Waals surface area contributed by atoms with Crippen LogP contribution in [0.3, 0.4) is 0 Å². The van der Waals surface area contributed by atoms with Crippen molar-refractivity contribution in [1.29, 1.82) is 0 Å². The molecule has 5 heteroatoms. The zero-order valence-corrected chi connectivity index (χ0v) is 17.2. The number of benzene rings is 1. The van der Waals surface area contributed by atoms with E-state index in [2.05, 4.69) is 56.1 Å². The summed E-state index contributed by atoms with van der Waals surface area (Å²) in [5.41, 5.74) is 3.57. The van der Waals surface area contributed by atoms with E-state index in [9.17, 15) is 0 Å². The number of likely N-dealkylation sites (tertiary alicyclic amines) is 1. The standard InChI is InChI=1S/C20H33N3OS/c1-15(2)22-10-8-18(9-11-22)23(12-13-24-5)20(25)21-19-14-16(3)6-7-17(19)4/h6-7,14-15,18H,8-13H2,1-5H3,(H,21,25)/p+1. The first kappa shape index (κ1) is 20.1. The van der Waals surface area contributed by atoms with Crippen LogP contribution in [0.5, 0.6) is 0 Å². The summed E-state index contributed by atoms with van der Waals surface area (Å²) in [6.45, 7) is 12.8. The Balaban J connectivity index is 2.06. The van der Waals surface area contributed by atoms with Gasteiger partial charge in [0.05, 0.1) is 25.7 Å². The van der Waals surface area contributed by atoms with Gasteiger partial charge in [-0.3, -0.25) is 0 Å². The molecule has 0 saturated carbocycles. The van der Waals surface area contributed by atoms with Crippen molar-refractivity contribution in [1.82, 2.24) is 4.90 Å². The summed E-state index contributed by atoms with van der Waals surface area (Å²) >= 11 is 5.79. The highest BCUT2D eigenvalue weighted by Gasteiger charge is 2.29. The molecule has 1 fully saturated rings. The van der Waals surface area contributed by atoms with Crippen molar-refractivity contribution in [2.24, 2.45) is 0 Å². The second-order valence-electron chi connectivity index (χ2n) is 7.48. The predicted octanol–water partition coefficient (Wildman–Crippen LogP) is 2.40. The van der Waals surface area contributed by atoms with Crippen LogP contribution in [0.4, 0.5) is 5.69 Å². The van der Waals surface area contributed by atoms with Crippen LogP contribution in [0.25, 0.3) is 0 Å². The Kier molecular flexibility index (Phi) is 7.66. The number of aryl methyl sites for hydroxylation is 2. The first-order valence-electron chi connectivity index (χ1n) is 9.40. The lowest BCUT2D eigenvalue weighted by atomic mass is 10.0. The molecule has 0 aliphatic carbocycles. The third-order valence-corrected chi connectivity index (χ3v) is 5.62. The van der Waals surface area contributed by atoms with Gasteiger partial charge < -0.3 is 19.9 Å². The topological polar surface area (TPSA) is 28.9 Å². The Hall–Kier alpha value is -1.17. The van der Waals surface area contributed by atoms with Gasteiger partial charge in [0.15, 0.2) is 5.11 Å². The highest BCUT2D eigenvalue weighted by Crippen LogP contribution is 2.19. The molecule has 1 aromatic rings. The van der Waals surface area contributed by atoms with Crippen LogP contribution in [-0.2, 0) is 4.74 Å². The maximum absolute atomic E-state index is 5.79. The smallest absolute Gasteiger partial charge is 0.173 e. The highest BCUT2D eigenvalue weighted by atomic mass is 32.1. The maximum Gasteiger partial charge on any atom is 0.173 e. The van der Waals surface area contributed by atoms with Gasteiger partial charge in [0.1, 0.15) is 0 Å². The molecule has 1 aromatic carbocycles. The number of nitrogens with one attached hydrogen (secondary N) is 2. The van der Waals surface area contributed by atoms with Crippen molar-refractivity contribution in [3.8, 4) is 0 Å². The minimum atomic E-state index is 0.503. The largest absolute Gasteiger partial charge is 0.383 e. The van der Waals surface area contributed by atoms with Crippen molar-refractivity contribution in [2.75, 3.05) is 38.7 Å². The van der Waals surface area contributed by atoms with E-state index in [0.717, 1.165) is 17.3 Å². The Morgan fingerprint density at radius 1 is 1.32 bits per heavy atom. The molecular weight excluding hydrogens is 330 g/mol. The van der Waals surface area contributed by atoms with Crippen LogP contribution >= 0.6 is 12.2 Å². The Morgan fingerprint density at radius 2 is 2.00 bits per heavy atom. The van der Waals surface area contributed by atoms with E-state index >= 15 is 0 Å². The van der Waals surface area contributed by atoms with Gasteiger partial charge in [-0.15, -0.1) is 0 Å². The molecule has 1 aliphatic heterocycles. The molecule has 0 atom stereocenters. The molecule has 4 nitrogen and oxygen atoms in total. The average molecular weight is 365 g/mol. The van der Waals surface area contributed by atoms with Gasteiger partial charge in [-0.25, -0.2) is 0 Å². The van der Waals surface area contributed by atoms with Gasteiger partial charge in [-0.05, 0) is 57.1 Å². The van der Waals surface area contributed by atoms with E-state index in [1.54, 1.807) is 12.0 Å². The number of methoxy groups -OCH3 is 1. The number of quaternary nitrogens is 1. The molecule has 2 N–H and O–H groups in total. The number of anilines is 1. The minimum absolute atomic E-state index is 0.503. The molecule has 140 valence electrons. The third kappa shape index (κ3) is 5.66. The average Bonchev–Trinajstić information content (AvgIpc) is 2.59. The molecular formula is C20H34N3OS+. The molecule has 0 amide bonds. The SMILES string of the molecule is COCCN(C(=S)Nc1cc(C)ccc1C)C1CC[NH+](C(C)C)CC1. The van der Waals surface area contributed by atoms with Gasteiger partial charge in [0.25, 0.3) is 0 Å². The number of piperidine rings is 1. The molecule has 0 radical (unpaired) electrons. The summed E-state index contributed by atoms with van der Waals surface area (Å²) in [7, 11) is 1.75. The zero-order chi connectivity index (χ0) is 18.4. The number of nitrogens with zero attached hydrogens (tertiary/aromatic N) is 1. The van der Waals surface area contributed by atoms with Crippen molar-refractivity contribution >= 4 is 23.0 Å². The van der Waals surface area contributed by atoms with Gasteiger partial charge in [0.2, 0.25) is 0 Å². The molecule has 0 spiro atoms. The van der Waals surface area contributed by atoms with E-state index in [4.69, 9.17) is 17.0 Å². The fourth-order valence-electron chi connectivity index (χ4n) is 3.56. The summed E-state index contributed by atoms with van der Waals surface area (Å²) < 4.78 is 5.33. The van der Waals surface area contributed by atoms with Crippen molar-refractivity contribution in [3.05, 3.63) is 29.3 Å². The van der Waals surface area contributed by atoms with Crippen molar-refractivity contribution in [2.45, 2.75) is 52.6 Å². The van der Waals surface area contributed by atoms with E-state index in [1.165, 1.54) is 37.1 Å². The lowest BCUT2D eigenvalue weighted by Gasteiger charge is -2.39. The molecule has 2 rings (SSSR count). The number of hydrogen-bond donors (Lipinski definition) is 2. The summed E-state index contributed by atoms with van der Waals surface area (Å²) in [6, 6.07) is 7.65. The van der Waals surface area contributed by atoms with Crippen LogP contribution < -0.4 is 10.2 Å². The maximum atomic E-state index is 5.79. The normalized spacial score (nSPS) is 20.6. The fourth-order valence-corrected chi connectivity index (χ4v) is 3.91. The van der Waals surface area contributed by atoms with Crippen LogP contribution in [0.1, 0.15) is 37.8 Å². The fraction of sp³-hybridized carbons (Fsp3) is 0.650. The quantitative estimate of drug-likeness (QED) is 0.759. The predicted molar refractivity (Wildman–Crippen MR) is 110 cm³/mol. The van der Waals surface area contributed by atoms with Crippen molar-refractivity contribution < 1.29 is 9.64 Å². The molecule has 0 unspecified atom stereocenters. The van der Waals surface area contributed by atoms with Crippen LogP contribution in [0, 0.1) is 13.8 Å². The van der Waals surface area contributed by atoms with E-state index in [1.807, 2.05) is 0 Å². The minimum Gasteiger partial charge on any atom is -0.383 e. The molecule has 1 saturated heterocycles. The number of thiocarbonyl (C=S) groups is 1. The van der Waals surface area contributed by atoms with Crippen molar-refractivity contribution in [3.63, 3.8) is 0 Å². The Bertz CT molecular complexity index is 568. The lowest BCUT2D eigenvalue weighted by molar-refractivity contribution is -0.926. The summed E-state index contributed by atoms with van der Waals surface area (Å²) in [4.78, 5) is 4.05. The Morgan fingerprint density at radius 3 is 2.60 bits per heavy atom. The lowest BCUT2D eigenvalue weighted by Crippen LogP contribution is -3.16. The van der Waals surface area contributed by atoms with Crippen LogP contribution in [0.15, 0.2) is 18.2 Å².